The molecular formula is C21H28N4O. The second kappa shape index (κ2) is 9.61. The third kappa shape index (κ3) is 5.09. The molecule has 0 saturated carbocycles. The molecule has 0 unspecified atom stereocenters. The fraction of sp³-hybridized carbons (Fsp3) is 0.333. The number of ether oxygens (including phenoxy) is 1. The Morgan fingerprint density at radius 3 is 2.88 bits per heavy atom. The highest BCUT2D eigenvalue weighted by molar-refractivity contribution is 6.04. The van der Waals surface area contributed by atoms with Crippen molar-refractivity contribution >= 4 is 17.7 Å². The molecule has 1 aliphatic heterocycles. The minimum absolute atomic E-state index is 0.483. The molecular weight excluding hydrogens is 324 g/mol. The van der Waals surface area contributed by atoms with Crippen LogP contribution in [0, 0.1) is 0 Å². The maximum absolute atomic E-state index is 5.64. The van der Waals surface area contributed by atoms with Crippen LogP contribution in [-0.2, 0) is 6.54 Å². The van der Waals surface area contributed by atoms with Gasteiger partial charge in [0, 0.05) is 31.4 Å². The lowest BCUT2D eigenvalue weighted by molar-refractivity contribution is 0.365. The average Bonchev–Trinajstić information content (AvgIpc) is 2.85. The van der Waals surface area contributed by atoms with E-state index in [-0.39, 0.29) is 0 Å². The second-order valence-corrected chi connectivity index (χ2v) is 6.09. The normalized spacial score (nSPS) is 13.7. The molecule has 1 aliphatic rings. The Bertz CT molecular complexity index is 759. The van der Waals surface area contributed by atoms with Gasteiger partial charge in [0.2, 0.25) is 0 Å². The summed E-state index contributed by atoms with van der Waals surface area (Å²) < 4.78 is 5.64. The molecule has 0 atom stereocenters. The predicted molar refractivity (Wildman–Crippen MR) is 111 cm³/mol. The number of hydrogen-bond donors (Lipinski definition) is 2. The molecule has 2 N–H and O–H groups in total. The van der Waals surface area contributed by atoms with Gasteiger partial charge in [0.15, 0.2) is 0 Å². The summed E-state index contributed by atoms with van der Waals surface area (Å²) in [7, 11) is 1.88. The van der Waals surface area contributed by atoms with Crippen LogP contribution in [0.5, 0.6) is 5.75 Å². The fourth-order valence-electron chi connectivity index (χ4n) is 2.72. The Morgan fingerprint density at radius 2 is 2.19 bits per heavy atom. The van der Waals surface area contributed by atoms with Crippen molar-refractivity contribution in [2.45, 2.75) is 33.2 Å². The molecule has 1 heterocycles. The first-order valence-electron chi connectivity index (χ1n) is 8.84. The maximum atomic E-state index is 5.64. The standard InChI is InChI=1S/C21H28N4O/c1-6-10-26-21-9-8-17(12-20(21)22-5)13-23-16(4)19-11-15(3)18(7-2)24-14-25-19/h6,8-9,12,14,22-23H,1,4,7,10-11,13H2,2-3,5H3. The molecule has 0 saturated heterocycles. The Kier molecular flexibility index (Phi) is 7.21. The highest BCUT2D eigenvalue weighted by Crippen LogP contribution is 2.25. The molecule has 0 aliphatic carbocycles. The fourth-order valence-corrected chi connectivity index (χ4v) is 2.72. The maximum Gasteiger partial charge on any atom is 0.142 e. The molecule has 138 valence electrons. The molecule has 0 spiro atoms. The van der Waals surface area contributed by atoms with Crippen LogP contribution < -0.4 is 15.4 Å². The number of allylic oxidation sites excluding steroid dienone is 3. The van der Waals surface area contributed by atoms with E-state index in [0.29, 0.717) is 13.2 Å². The quantitative estimate of drug-likeness (QED) is 0.645. The topological polar surface area (TPSA) is 58.0 Å². The zero-order chi connectivity index (χ0) is 18.9. The van der Waals surface area contributed by atoms with Crippen LogP contribution in [0.3, 0.4) is 0 Å². The van der Waals surface area contributed by atoms with E-state index in [4.69, 9.17) is 4.74 Å². The van der Waals surface area contributed by atoms with Gasteiger partial charge in [-0.1, -0.05) is 32.2 Å². The molecule has 0 bridgehead atoms. The van der Waals surface area contributed by atoms with Gasteiger partial charge in [-0.15, -0.1) is 0 Å². The van der Waals surface area contributed by atoms with Crippen molar-refractivity contribution < 1.29 is 4.74 Å². The minimum atomic E-state index is 0.483. The van der Waals surface area contributed by atoms with Gasteiger partial charge >= 0.3 is 0 Å². The first kappa shape index (κ1) is 19.5. The third-order valence-corrected chi connectivity index (χ3v) is 4.21. The molecule has 1 aromatic carbocycles. The van der Waals surface area contributed by atoms with E-state index < -0.39 is 0 Å². The van der Waals surface area contributed by atoms with Crippen molar-refractivity contribution in [1.82, 2.24) is 5.32 Å². The van der Waals surface area contributed by atoms with Crippen molar-refractivity contribution in [3.63, 3.8) is 0 Å². The van der Waals surface area contributed by atoms with Crippen LogP contribution in [0.15, 0.2) is 64.4 Å². The summed E-state index contributed by atoms with van der Waals surface area (Å²) in [4.78, 5) is 8.84. The summed E-state index contributed by atoms with van der Waals surface area (Å²) >= 11 is 0. The van der Waals surface area contributed by atoms with Gasteiger partial charge in [0.05, 0.1) is 11.4 Å². The van der Waals surface area contributed by atoms with E-state index >= 15 is 0 Å². The summed E-state index contributed by atoms with van der Waals surface area (Å²) in [6.07, 6.45) is 5.04. The van der Waals surface area contributed by atoms with Crippen LogP contribution in [-0.4, -0.2) is 25.7 Å². The lowest BCUT2D eigenvalue weighted by Gasteiger charge is -2.14. The van der Waals surface area contributed by atoms with Crippen LogP contribution in [0.1, 0.15) is 32.3 Å². The van der Waals surface area contributed by atoms with Crippen molar-refractivity contribution in [3.05, 3.63) is 60.0 Å². The van der Waals surface area contributed by atoms with Gasteiger partial charge in [0.1, 0.15) is 18.7 Å². The summed E-state index contributed by atoms with van der Waals surface area (Å²) in [6.45, 7) is 13.2. The predicted octanol–water partition coefficient (Wildman–Crippen LogP) is 4.45. The molecule has 0 radical (unpaired) electrons. The van der Waals surface area contributed by atoms with E-state index in [1.807, 2.05) is 19.2 Å². The van der Waals surface area contributed by atoms with Gasteiger partial charge in [0.25, 0.3) is 0 Å². The first-order valence-corrected chi connectivity index (χ1v) is 8.84. The largest absolute Gasteiger partial charge is 0.487 e. The van der Waals surface area contributed by atoms with Crippen LogP contribution in [0.2, 0.25) is 0 Å². The molecule has 0 fully saturated rings. The number of nitrogens with one attached hydrogen (secondary N) is 2. The van der Waals surface area contributed by atoms with E-state index in [1.165, 1.54) is 5.57 Å². The molecule has 26 heavy (non-hydrogen) atoms. The highest BCUT2D eigenvalue weighted by atomic mass is 16.5. The molecule has 5 heteroatoms. The average molecular weight is 352 g/mol. The molecule has 0 aromatic heterocycles. The number of nitrogens with zero attached hydrogens (tertiary/aromatic N) is 2. The van der Waals surface area contributed by atoms with E-state index in [9.17, 15) is 0 Å². The van der Waals surface area contributed by atoms with E-state index in [1.54, 1.807) is 12.4 Å². The number of aliphatic imine (C=N–C) groups is 2. The lowest BCUT2D eigenvalue weighted by Crippen LogP contribution is -2.19. The SMILES string of the molecule is C=CCOc1ccc(CNC(=C)C2=NC=NC(CC)=C(C)C2)cc1NC. The monoisotopic (exact) mass is 352 g/mol. The number of anilines is 1. The van der Waals surface area contributed by atoms with Gasteiger partial charge < -0.3 is 15.4 Å². The molecule has 2 rings (SSSR count). The molecule has 0 amide bonds. The first-order chi connectivity index (χ1) is 12.6. The highest BCUT2D eigenvalue weighted by Gasteiger charge is 2.11. The summed E-state index contributed by atoms with van der Waals surface area (Å²) in [5.74, 6) is 0.812. The smallest absolute Gasteiger partial charge is 0.142 e. The Balaban J connectivity index is 2.01. The summed E-state index contributed by atoms with van der Waals surface area (Å²) in [6, 6.07) is 6.07. The van der Waals surface area contributed by atoms with Crippen LogP contribution >= 0.6 is 0 Å². The Hall–Kier alpha value is -2.82. The van der Waals surface area contributed by atoms with E-state index in [0.717, 1.165) is 46.9 Å². The minimum Gasteiger partial charge on any atom is -0.487 e. The lowest BCUT2D eigenvalue weighted by atomic mass is 10.1. The molecule has 1 aromatic rings. The Morgan fingerprint density at radius 1 is 1.38 bits per heavy atom. The summed E-state index contributed by atoms with van der Waals surface area (Å²) in [5.41, 5.74) is 6.17. The Labute approximate surface area is 156 Å². The van der Waals surface area contributed by atoms with Crippen molar-refractivity contribution in [2.75, 3.05) is 19.0 Å². The number of rotatable bonds is 9. The third-order valence-electron chi connectivity index (χ3n) is 4.21. The van der Waals surface area contributed by atoms with Crippen molar-refractivity contribution in [2.24, 2.45) is 9.98 Å². The van der Waals surface area contributed by atoms with E-state index in [2.05, 4.69) is 53.7 Å². The van der Waals surface area contributed by atoms with Gasteiger partial charge in [-0.25, -0.2) is 9.98 Å². The van der Waals surface area contributed by atoms with Crippen molar-refractivity contribution in [3.8, 4) is 5.75 Å². The zero-order valence-corrected chi connectivity index (χ0v) is 15.9. The summed E-state index contributed by atoms with van der Waals surface area (Å²) in [5, 5.41) is 6.53. The van der Waals surface area contributed by atoms with Gasteiger partial charge in [-0.3, -0.25) is 0 Å². The van der Waals surface area contributed by atoms with Crippen molar-refractivity contribution in [1.29, 1.82) is 0 Å². The molecule has 5 nitrogen and oxygen atoms in total. The van der Waals surface area contributed by atoms with Gasteiger partial charge in [-0.05, 0) is 36.6 Å². The zero-order valence-electron chi connectivity index (χ0n) is 15.9. The number of benzene rings is 1. The van der Waals surface area contributed by atoms with Crippen LogP contribution in [0.4, 0.5) is 5.69 Å². The second-order valence-electron chi connectivity index (χ2n) is 6.09. The van der Waals surface area contributed by atoms with Crippen LogP contribution in [0.25, 0.3) is 0 Å². The number of hydrogen-bond acceptors (Lipinski definition) is 5. The van der Waals surface area contributed by atoms with Gasteiger partial charge in [-0.2, -0.15) is 0 Å².